The van der Waals surface area contributed by atoms with Gasteiger partial charge in [-0.3, -0.25) is 0 Å². The topological polar surface area (TPSA) is 0 Å². The molecule has 0 aromatic heterocycles. The second-order valence-corrected chi connectivity index (χ2v) is 4.44. The van der Waals surface area contributed by atoms with Gasteiger partial charge in [0.1, 0.15) is 0 Å². The fourth-order valence-corrected chi connectivity index (χ4v) is 2.07. The smallest absolute Gasteiger partial charge is 0.0118 e. The van der Waals surface area contributed by atoms with E-state index in [1.807, 2.05) is 39.8 Å². The van der Waals surface area contributed by atoms with Crippen molar-refractivity contribution in [3.8, 4) is 0 Å². The van der Waals surface area contributed by atoms with Crippen LogP contribution in [0.5, 0.6) is 0 Å². The maximum absolute atomic E-state index is 2.12. The van der Waals surface area contributed by atoms with E-state index in [1.165, 1.54) is 9.81 Å². The lowest BCUT2D eigenvalue weighted by atomic mass is 10.4. The van der Waals surface area contributed by atoms with Crippen LogP contribution in [0.3, 0.4) is 0 Å². The maximum Gasteiger partial charge on any atom is 0.0118 e. The van der Waals surface area contributed by atoms with Gasteiger partial charge in [-0.25, -0.2) is 0 Å². The third kappa shape index (κ3) is 8.58. The summed E-state index contributed by atoms with van der Waals surface area (Å²) in [7, 11) is 0. The van der Waals surface area contributed by atoms with E-state index in [2.05, 4.69) is 48.6 Å². The van der Waals surface area contributed by atoms with E-state index >= 15 is 0 Å². The Kier molecular flexibility index (Phi) is 10.5. The Balaban J connectivity index is 4.92. The minimum Gasteiger partial charge on any atom is -0.0901 e. The third-order valence-corrected chi connectivity index (χ3v) is 2.82. The van der Waals surface area contributed by atoms with Gasteiger partial charge < -0.3 is 0 Å². The van der Waals surface area contributed by atoms with E-state index < -0.39 is 0 Å². The Morgan fingerprint density at radius 3 is 1.35 bits per heavy atom. The van der Waals surface area contributed by atoms with E-state index in [1.54, 1.807) is 11.8 Å². The molecular weight excluding hydrogens is 224 g/mol. The summed E-state index contributed by atoms with van der Waals surface area (Å²) >= 11 is 1.76. The average Bonchev–Trinajstić information content (AvgIpc) is 2.33. The van der Waals surface area contributed by atoms with Gasteiger partial charge in [0.05, 0.1) is 0 Å². The lowest BCUT2D eigenvalue weighted by Crippen LogP contribution is -1.74. The number of hydrogen-bond acceptors (Lipinski definition) is 1. The first-order valence-electron chi connectivity index (χ1n) is 5.87. The van der Waals surface area contributed by atoms with Gasteiger partial charge in [0.15, 0.2) is 0 Å². The molecule has 0 heterocycles. The van der Waals surface area contributed by atoms with Crippen LogP contribution in [0.4, 0.5) is 0 Å². The molecule has 0 fully saturated rings. The molecule has 0 aromatic rings. The van der Waals surface area contributed by atoms with Crippen LogP contribution in [0.1, 0.15) is 27.7 Å². The first-order valence-corrected chi connectivity index (χ1v) is 6.69. The van der Waals surface area contributed by atoms with Crippen molar-refractivity contribution in [3.05, 3.63) is 70.6 Å². The summed E-state index contributed by atoms with van der Waals surface area (Å²) in [5.74, 6) is 0. The Bertz CT molecular complexity index is 327. The van der Waals surface area contributed by atoms with Crippen LogP contribution in [0.2, 0.25) is 0 Å². The van der Waals surface area contributed by atoms with Crippen LogP contribution in [0.15, 0.2) is 70.6 Å². The molecule has 0 amide bonds. The zero-order valence-corrected chi connectivity index (χ0v) is 12.0. The molecule has 0 N–H and O–H groups in total. The molecule has 0 aliphatic rings. The fraction of sp³-hybridized carbons (Fsp3) is 0.250. The van der Waals surface area contributed by atoms with Crippen molar-refractivity contribution in [1.29, 1.82) is 0 Å². The molecule has 92 valence electrons. The highest BCUT2D eigenvalue weighted by Gasteiger charge is 1.95. The van der Waals surface area contributed by atoms with Gasteiger partial charge in [0.25, 0.3) is 0 Å². The van der Waals surface area contributed by atoms with E-state index in [9.17, 15) is 0 Å². The molecule has 0 nitrogen and oxygen atoms in total. The van der Waals surface area contributed by atoms with Gasteiger partial charge in [-0.1, -0.05) is 60.4 Å². The monoisotopic (exact) mass is 246 g/mol. The summed E-state index contributed by atoms with van der Waals surface area (Å²) in [6.07, 6.45) is 20.8. The van der Waals surface area contributed by atoms with E-state index in [0.29, 0.717) is 0 Å². The first-order chi connectivity index (χ1) is 8.28. The Morgan fingerprint density at radius 1 is 0.647 bits per heavy atom. The Labute approximate surface area is 110 Å². The predicted molar refractivity (Wildman–Crippen MR) is 83.0 cm³/mol. The van der Waals surface area contributed by atoms with Gasteiger partial charge >= 0.3 is 0 Å². The van der Waals surface area contributed by atoms with Crippen LogP contribution >= 0.6 is 11.8 Å². The van der Waals surface area contributed by atoms with Gasteiger partial charge in [-0.15, -0.1) is 0 Å². The van der Waals surface area contributed by atoms with Crippen molar-refractivity contribution in [2.45, 2.75) is 27.7 Å². The highest BCUT2D eigenvalue weighted by molar-refractivity contribution is 8.07. The SMILES string of the molecule is C\C=C/C=C(\C=C/C)SC(/C=C\C)=C/C=C\C. The van der Waals surface area contributed by atoms with Crippen molar-refractivity contribution in [2.75, 3.05) is 0 Å². The second kappa shape index (κ2) is 11.3. The highest BCUT2D eigenvalue weighted by Crippen LogP contribution is 2.27. The molecule has 0 spiro atoms. The van der Waals surface area contributed by atoms with Crippen molar-refractivity contribution in [2.24, 2.45) is 0 Å². The molecule has 0 saturated carbocycles. The van der Waals surface area contributed by atoms with Crippen molar-refractivity contribution >= 4 is 11.8 Å². The summed E-state index contributed by atoms with van der Waals surface area (Å²) in [4.78, 5) is 2.47. The molecule has 0 rings (SSSR count). The number of rotatable bonds is 6. The van der Waals surface area contributed by atoms with Crippen LogP contribution < -0.4 is 0 Å². The van der Waals surface area contributed by atoms with Crippen molar-refractivity contribution in [1.82, 2.24) is 0 Å². The summed E-state index contributed by atoms with van der Waals surface area (Å²) in [6.45, 7) is 8.12. The predicted octanol–water partition coefficient (Wildman–Crippen LogP) is 5.79. The molecule has 0 unspecified atom stereocenters. The first kappa shape index (κ1) is 15.8. The van der Waals surface area contributed by atoms with Gasteiger partial charge in [-0.2, -0.15) is 0 Å². The molecule has 17 heavy (non-hydrogen) atoms. The highest BCUT2D eigenvalue weighted by atomic mass is 32.2. The number of hydrogen-bond donors (Lipinski definition) is 0. The van der Waals surface area contributed by atoms with Crippen LogP contribution in [-0.2, 0) is 0 Å². The molecule has 0 aliphatic carbocycles. The maximum atomic E-state index is 2.12. The quantitative estimate of drug-likeness (QED) is 0.534. The third-order valence-electron chi connectivity index (χ3n) is 1.80. The molecule has 0 saturated heterocycles. The Morgan fingerprint density at radius 2 is 1.06 bits per heavy atom. The van der Waals surface area contributed by atoms with Gasteiger partial charge in [-0.05, 0) is 39.8 Å². The van der Waals surface area contributed by atoms with Crippen LogP contribution in [0, 0.1) is 0 Å². The molecule has 0 aromatic carbocycles. The van der Waals surface area contributed by atoms with Crippen molar-refractivity contribution in [3.63, 3.8) is 0 Å². The molecule has 0 atom stereocenters. The second-order valence-electron chi connectivity index (χ2n) is 3.29. The van der Waals surface area contributed by atoms with E-state index in [-0.39, 0.29) is 0 Å². The summed E-state index contributed by atoms with van der Waals surface area (Å²) in [5.41, 5.74) is 0. The lowest BCUT2D eigenvalue weighted by Gasteiger charge is -2.02. The van der Waals surface area contributed by atoms with Gasteiger partial charge in [0.2, 0.25) is 0 Å². The lowest BCUT2D eigenvalue weighted by molar-refractivity contribution is 1.67. The van der Waals surface area contributed by atoms with Crippen molar-refractivity contribution < 1.29 is 0 Å². The Hall–Kier alpha value is -1.21. The standard InChI is InChI=1S/C16H22S/c1-5-9-13-15(11-7-3)17-16(12-8-4)14-10-6-2/h5-14H,1-4H3/b9-5-,10-6-,11-7-,12-8-,15-13+,16-14+. The normalized spacial score (nSPS) is 15.1. The van der Waals surface area contributed by atoms with E-state index in [0.717, 1.165) is 0 Å². The number of thioether (sulfide) groups is 1. The minimum atomic E-state index is 1.24. The summed E-state index contributed by atoms with van der Waals surface area (Å²) in [5, 5.41) is 0. The average molecular weight is 246 g/mol. The van der Waals surface area contributed by atoms with E-state index in [4.69, 9.17) is 0 Å². The largest absolute Gasteiger partial charge is 0.0901 e. The molecule has 0 bridgehead atoms. The van der Waals surface area contributed by atoms with Gasteiger partial charge in [0, 0.05) is 9.81 Å². The number of allylic oxidation sites excluding steroid dienone is 10. The van der Waals surface area contributed by atoms with Crippen LogP contribution in [0.25, 0.3) is 0 Å². The zero-order valence-electron chi connectivity index (χ0n) is 11.2. The summed E-state index contributed by atoms with van der Waals surface area (Å²) < 4.78 is 0. The zero-order chi connectivity index (χ0) is 12.9. The molecule has 0 radical (unpaired) electrons. The molecule has 0 aliphatic heterocycles. The molecular formula is C16H22S. The van der Waals surface area contributed by atoms with Crippen LogP contribution in [-0.4, -0.2) is 0 Å². The molecule has 1 heteroatoms. The fourth-order valence-electron chi connectivity index (χ4n) is 1.09. The minimum absolute atomic E-state index is 1.24. The summed E-state index contributed by atoms with van der Waals surface area (Å²) in [6, 6.07) is 0.